The van der Waals surface area contributed by atoms with Gasteiger partial charge in [0.2, 0.25) is 0 Å². The maximum Gasteiger partial charge on any atom is 0.407 e. The van der Waals surface area contributed by atoms with Crippen LogP contribution in [0.5, 0.6) is 0 Å². The van der Waals surface area contributed by atoms with Crippen LogP contribution in [0.15, 0.2) is 0 Å². The molecule has 0 spiro atoms. The zero-order valence-corrected chi connectivity index (χ0v) is 9.04. The van der Waals surface area contributed by atoms with Gasteiger partial charge in [-0.05, 0) is 27.3 Å². The summed E-state index contributed by atoms with van der Waals surface area (Å²) in [5, 5.41) is 11.3. The monoisotopic (exact) mass is 204 g/mol. The van der Waals surface area contributed by atoms with E-state index in [1.807, 2.05) is 0 Å². The molecule has 14 heavy (non-hydrogen) atoms. The van der Waals surface area contributed by atoms with Crippen molar-refractivity contribution in [2.75, 3.05) is 19.7 Å². The molecule has 0 saturated carbocycles. The molecule has 1 atom stereocenters. The summed E-state index contributed by atoms with van der Waals surface area (Å²) in [5.41, 5.74) is 4.85. The van der Waals surface area contributed by atoms with Crippen molar-refractivity contribution in [3.05, 3.63) is 0 Å². The summed E-state index contributed by atoms with van der Waals surface area (Å²) in [7, 11) is 0. The molecule has 0 heterocycles. The first-order valence-corrected chi connectivity index (χ1v) is 4.67. The van der Waals surface area contributed by atoms with Crippen LogP contribution in [0, 0.1) is 5.92 Å². The van der Waals surface area contributed by atoms with E-state index >= 15 is 0 Å². The third-order valence-corrected chi connectivity index (χ3v) is 1.53. The van der Waals surface area contributed by atoms with E-state index in [1.54, 1.807) is 20.8 Å². The smallest absolute Gasteiger partial charge is 0.407 e. The Morgan fingerprint density at radius 1 is 1.57 bits per heavy atom. The van der Waals surface area contributed by atoms with Gasteiger partial charge in [-0.25, -0.2) is 4.79 Å². The molecule has 0 aliphatic rings. The normalized spacial score (nSPS) is 13.5. The van der Waals surface area contributed by atoms with E-state index in [-0.39, 0.29) is 12.5 Å². The Bertz CT molecular complexity index is 173. The van der Waals surface area contributed by atoms with Crippen LogP contribution in [0.1, 0.15) is 20.8 Å². The van der Waals surface area contributed by atoms with Gasteiger partial charge in [0.1, 0.15) is 5.60 Å². The number of rotatable bonds is 4. The largest absolute Gasteiger partial charge is 0.444 e. The van der Waals surface area contributed by atoms with Gasteiger partial charge in [0.05, 0.1) is 0 Å². The molecule has 84 valence electrons. The molecule has 5 nitrogen and oxygen atoms in total. The SMILES string of the molecule is CC(C)(C)OC(=O)NCC(CN)CO. The third-order valence-electron chi connectivity index (χ3n) is 1.53. The summed E-state index contributed by atoms with van der Waals surface area (Å²) >= 11 is 0. The average molecular weight is 204 g/mol. The lowest BCUT2D eigenvalue weighted by molar-refractivity contribution is 0.0514. The molecule has 0 fully saturated rings. The number of aliphatic hydroxyl groups is 1. The number of carbonyl (C=O) groups excluding carboxylic acids is 1. The van der Waals surface area contributed by atoms with E-state index in [0.29, 0.717) is 13.1 Å². The molecule has 0 radical (unpaired) electrons. The molecule has 0 aromatic heterocycles. The van der Waals surface area contributed by atoms with Crippen molar-refractivity contribution in [1.29, 1.82) is 0 Å². The Morgan fingerprint density at radius 2 is 2.14 bits per heavy atom. The molecule has 4 N–H and O–H groups in total. The predicted octanol–water partition coefficient (Wildman–Crippen LogP) is 0.0783. The maximum absolute atomic E-state index is 11.1. The Labute approximate surface area is 84.6 Å². The second-order valence-electron chi connectivity index (χ2n) is 4.17. The standard InChI is InChI=1S/C9H20N2O3/c1-9(2,3)14-8(13)11-5-7(4-10)6-12/h7,12H,4-6,10H2,1-3H3,(H,11,13). The molecular formula is C9H20N2O3. The molecule has 0 aromatic rings. The first-order chi connectivity index (χ1) is 6.39. The van der Waals surface area contributed by atoms with Crippen molar-refractivity contribution in [2.24, 2.45) is 11.7 Å². The summed E-state index contributed by atoms with van der Waals surface area (Å²) in [6.07, 6.45) is -0.482. The summed E-state index contributed by atoms with van der Waals surface area (Å²) in [6.45, 7) is 6.01. The minimum Gasteiger partial charge on any atom is -0.444 e. The second kappa shape index (κ2) is 5.82. The van der Waals surface area contributed by atoms with Crippen molar-refractivity contribution >= 4 is 6.09 Å². The fraction of sp³-hybridized carbons (Fsp3) is 0.889. The van der Waals surface area contributed by atoms with Crippen LogP contribution in [0.25, 0.3) is 0 Å². The van der Waals surface area contributed by atoms with E-state index in [2.05, 4.69) is 5.32 Å². The van der Waals surface area contributed by atoms with E-state index in [4.69, 9.17) is 15.6 Å². The Balaban J connectivity index is 3.74. The van der Waals surface area contributed by atoms with Crippen LogP contribution in [-0.4, -0.2) is 36.5 Å². The van der Waals surface area contributed by atoms with E-state index in [9.17, 15) is 4.79 Å². The van der Waals surface area contributed by atoms with Crippen molar-refractivity contribution in [3.63, 3.8) is 0 Å². The van der Waals surface area contributed by atoms with Gasteiger partial charge in [0.25, 0.3) is 0 Å². The van der Waals surface area contributed by atoms with Crippen molar-refractivity contribution in [1.82, 2.24) is 5.32 Å². The van der Waals surface area contributed by atoms with Crippen LogP contribution >= 0.6 is 0 Å². The zero-order valence-electron chi connectivity index (χ0n) is 9.04. The maximum atomic E-state index is 11.1. The summed E-state index contributed by atoms with van der Waals surface area (Å²) in [4.78, 5) is 11.1. The van der Waals surface area contributed by atoms with E-state index in [1.165, 1.54) is 0 Å². The summed E-state index contributed by atoms with van der Waals surface area (Å²) < 4.78 is 5.00. The lowest BCUT2D eigenvalue weighted by Gasteiger charge is -2.20. The van der Waals surface area contributed by atoms with Crippen molar-refractivity contribution in [3.8, 4) is 0 Å². The number of hydrogen-bond donors (Lipinski definition) is 3. The van der Waals surface area contributed by atoms with Crippen molar-refractivity contribution in [2.45, 2.75) is 26.4 Å². The van der Waals surface area contributed by atoms with Gasteiger partial charge < -0.3 is 20.9 Å². The highest BCUT2D eigenvalue weighted by Gasteiger charge is 2.16. The van der Waals surface area contributed by atoms with Gasteiger partial charge in [0, 0.05) is 19.1 Å². The Kier molecular flexibility index (Phi) is 5.49. The first kappa shape index (κ1) is 13.2. The minimum absolute atomic E-state index is 0.0354. The van der Waals surface area contributed by atoms with E-state index < -0.39 is 11.7 Å². The third kappa shape index (κ3) is 6.68. The molecule has 0 saturated heterocycles. The molecule has 1 amide bonds. The average Bonchev–Trinajstić information content (AvgIpc) is 2.03. The number of amides is 1. The van der Waals surface area contributed by atoms with Gasteiger partial charge >= 0.3 is 6.09 Å². The molecule has 1 unspecified atom stereocenters. The van der Waals surface area contributed by atoms with Crippen LogP contribution in [0.4, 0.5) is 4.79 Å². The summed E-state index contributed by atoms with van der Waals surface area (Å²) in [6, 6.07) is 0. The number of nitrogens with two attached hydrogens (primary N) is 1. The molecule has 0 rings (SSSR count). The lowest BCUT2D eigenvalue weighted by atomic mass is 10.1. The fourth-order valence-electron chi connectivity index (χ4n) is 0.764. The van der Waals surface area contributed by atoms with Crippen LogP contribution in [-0.2, 0) is 4.74 Å². The molecule has 0 aliphatic carbocycles. The van der Waals surface area contributed by atoms with Gasteiger partial charge in [-0.1, -0.05) is 0 Å². The van der Waals surface area contributed by atoms with Crippen molar-refractivity contribution < 1.29 is 14.6 Å². The topological polar surface area (TPSA) is 84.6 Å². The van der Waals surface area contributed by atoms with Crippen LogP contribution in [0.2, 0.25) is 0 Å². The molecule has 5 heteroatoms. The quantitative estimate of drug-likeness (QED) is 0.605. The molecule has 0 aliphatic heterocycles. The Hall–Kier alpha value is -0.810. The lowest BCUT2D eigenvalue weighted by Crippen LogP contribution is -2.38. The predicted molar refractivity (Wildman–Crippen MR) is 53.9 cm³/mol. The van der Waals surface area contributed by atoms with E-state index in [0.717, 1.165) is 0 Å². The Morgan fingerprint density at radius 3 is 2.50 bits per heavy atom. The number of carbonyl (C=O) groups is 1. The number of aliphatic hydroxyl groups excluding tert-OH is 1. The minimum atomic E-state index is -0.499. The van der Waals surface area contributed by atoms with Gasteiger partial charge in [-0.3, -0.25) is 0 Å². The first-order valence-electron chi connectivity index (χ1n) is 4.67. The summed E-state index contributed by atoms with van der Waals surface area (Å²) in [5.74, 6) is -0.109. The van der Waals surface area contributed by atoms with Gasteiger partial charge in [-0.2, -0.15) is 0 Å². The second-order valence-corrected chi connectivity index (χ2v) is 4.17. The van der Waals surface area contributed by atoms with Crippen LogP contribution < -0.4 is 11.1 Å². The number of ether oxygens (including phenoxy) is 1. The number of alkyl carbamates (subject to hydrolysis) is 1. The number of nitrogens with one attached hydrogen (secondary N) is 1. The molecule has 0 aromatic carbocycles. The van der Waals surface area contributed by atoms with Gasteiger partial charge in [0.15, 0.2) is 0 Å². The zero-order chi connectivity index (χ0) is 11.2. The molecule has 0 bridgehead atoms. The molecular weight excluding hydrogens is 184 g/mol. The van der Waals surface area contributed by atoms with Gasteiger partial charge in [-0.15, -0.1) is 0 Å². The number of hydrogen-bond acceptors (Lipinski definition) is 4. The fourth-order valence-corrected chi connectivity index (χ4v) is 0.764. The highest BCUT2D eigenvalue weighted by atomic mass is 16.6. The highest BCUT2D eigenvalue weighted by Crippen LogP contribution is 2.06. The van der Waals surface area contributed by atoms with Crippen LogP contribution in [0.3, 0.4) is 0 Å². The highest BCUT2D eigenvalue weighted by molar-refractivity contribution is 5.67.